The second-order valence-corrected chi connectivity index (χ2v) is 4.95. The normalized spacial score (nSPS) is 11.1. The van der Waals surface area contributed by atoms with E-state index in [1.54, 1.807) is 0 Å². The first-order chi connectivity index (χ1) is 8.63. The van der Waals surface area contributed by atoms with Crippen LogP contribution in [0.3, 0.4) is 0 Å². The molecule has 18 heavy (non-hydrogen) atoms. The van der Waals surface area contributed by atoms with E-state index in [-0.39, 0.29) is 0 Å². The van der Waals surface area contributed by atoms with Crippen molar-refractivity contribution >= 4 is 5.82 Å². The molecule has 2 aromatic rings. The minimum absolute atomic E-state index is 0.550. The first-order valence-corrected chi connectivity index (χ1v) is 6.54. The van der Waals surface area contributed by atoms with E-state index < -0.39 is 0 Å². The molecule has 3 nitrogen and oxygen atoms in total. The predicted molar refractivity (Wildman–Crippen MR) is 76.5 cm³/mol. The summed E-state index contributed by atoms with van der Waals surface area (Å²) in [6.07, 6.45) is 2.89. The molecule has 0 aliphatic heterocycles. The fourth-order valence-corrected chi connectivity index (χ4v) is 2.06. The smallest absolute Gasteiger partial charge is 0.131 e. The molecule has 0 saturated carbocycles. The van der Waals surface area contributed by atoms with E-state index in [9.17, 15) is 0 Å². The van der Waals surface area contributed by atoms with Gasteiger partial charge in [-0.15, -0.1) is 0 Å². The average molecular weight is 243 g/mol. The Balaban J connectivity index is 2.31. The molecule has 1 heterocycles. The Morgan fingerprint density at radius 3 is 2.44 bits per heavy atom. The molecule has 3 heteroatoms. The van der Waals surface area contributed by atoms with Crippen LogP contribution in [0.15, 0.2) is 30.6 Å². The summed E-state index contributed by atoms with van der Waals surface area (Å²) in [7, 11) is 0. The van der Waals surface area contributed by atoms with Gasteiger partial charge in [-0.05, 0) is 17.9 Å². The minimum Gasteiger partial charge on any atom is -0.383 e. The molecule has 0 spiro atoms. The first-order valence-electron chi connectivity index (χ1n) is 6.54. The van der Waals surface area contributed by atoms with Gasteiger partial charge in [0.25, 0.3) is 0 Å². The van der Waals surface area contributed by atoms with E-state index in [2.05, 4.69) is 50.0 Å². The zero-order valence-corrected chi connectivity index (χ0v) is 11.4. The van der Waals surface area contributed by atoms with Gasteiger partial charge in [-0.3, -0.25) is 0 Å². The quantitative estimate of drug-likeness (QED) is 0.890. The number of nitrogens with zero attached hydrogens (tertiary/aromatic N) is 2. The zero-order valence-electron chi connectivity index (χ0n) is 11.4. The lowest BCUT2D eigenvalue weighted by atomic mass is 10.0. The van der Waals surface area contributed by atoms with Gasteiger partial charge in [-0.1, -0.05) is 45.0 Å². The lowest BCUT2D eigenvalue weighted by Gasteiger charge is -2.07. The second-order valence-electron chi connectivity index (χ2n) is 4.95. The van der Waals surface area contributed by atoms with Crippen LogP contribution >= 0.6 is 0 Å². The molecular formula is C15H21N3. The standard InChI is InChI=1S/C15H21N3/c1-4-9-18-10-17-14(15(18)16)13-7-5-12(6-8-13)11(2)3/h5-8,10-11H,4,9,16H2,1-3H3. The first kappa shape index (κ1) is 12.7. The molecule has 0 amide bonds. The van der Waals surface area contributed by atoms with E-state index in [1.807, 2.05) is 10.9 Å². The van der Waals surface area contributed by atoms with Crippen molar-refractivity contribution in [1.29, 1.82) is 0 Å². The summed E-state index contributed by atoms with van der Waals surface area (Å²) in [4.78, 5) is 4.42. The van der Waals surface area contributed by atoms with Crippen molar-refractivity contribution in [2.75, 3.05) is 5.73 Å². The maximum absolute atomic E-state index is 6.12. The number of nitrogen functional groups attached to an aromatic ring is 1. The number of imidazole rings is 1. The van der Waals surface area contributed by atoms with Crippen molar-refractivity contribution in [2.24, 2.45) is 0 Å². The van der Waals surface area contributed by atoms with Crippen LogP contribution in [0.5, 0.6) is 0 Å². The summed E-state index contributed by atoms with van der Waals surface area (Å²) in [5.74, 6) is 1.31. The van der Waals surface area contributed by atoms with Crippen molar-refractivity contribution in [3.63, 3.8) is 0 Å². The monoisotopic (exact) mass is 243 g/mol. The van der Waals surface area contributed by atoms with Crippen LogP contribution in [-0.4, -0.2) is 9.55 Å². The minimum atomic E-state index is 0.550. The SMILES string of the molecule is CCCn1cnc(-c2ccc(C(C)C)cc2)c1N. The molecule has 0 unspecified atom stereocenters. The van der Waals surface area contributed by atoms with Crippen molar-refractivity contribution in [3.05, 3.63) is 36.2 Å². The van der Waals surface area contributed by atoms with Gasteiger partial charge in [0.2, 0.25) is 0 Å². The summed E-state index contributed by atoms with van der Waals surface area (Å²) >= 11 is 0. The summed E-state index contributed by atoms with van der Waals surface area (Å²) in [5.41, 5.74) is 9.44. The molecule has 0 bridgehead atoms. The van der Waals surface area contributed by atoms with E-state index in [4.69, 9.17) is 5.73 Å². The molecule has 0 atom stereocenters. The lowest BCUT2D eigenvalue weighted by molar-refractivity contribution is 0.686. The lowest BCUT2D eigenvalue weighted by Crippen LogP contribution is -2.01. The van der Waals surface area contributed by atoms with Gasteiger partial charge in [0, 0.05) is 12.1 Å². The Labute approximate surface area is 109 Å². The third-order valence-corrected chi connectivity index (χ3v) is 3.19. The molecule has 96 valence electrons. The van der Waals surface area contributed by atoms with Crippen LogP contribution in [0.2, 0.25) is 0 Å². The third-order valence-electron chi connectivity index (χ3n) is 3.19. The largest absolute Gasteiger partial charge is 0.383 e. The number of aryl methyl sites for hydroxylation is 1. The van der Waals surface area contributed by atoms with Gasteiger partial charge >= 0.3 is 0 Å². The number of rotatable bonds is 4. The Bertz CT molecular complexity index is 509. The number of hydrogen-bond donors (Lipinski definition) is 1. The maximum Gasteiger partial charge on any atom is 0.131 e. The van der Waals surface area contributed by atoms with Crippen LogP contribution in [0.25, 0.3) is 11.3 Å². The second kappa shape index (κ2) is 5.25. The highest BCUT2D eigenvalue weighted by Crippen LogP contribution is 2.26. The molecular weight excluding hydrogens is 222 g/mol. The van der Waals surface area contributed by atoms with Crippen LogP contribution in [-0.2, 0) is 6.54 Å². The molecule has 0 fully saturated rings. The summed E-state index contributed by atoms with van der Waals surface area (Å²) in [6, 6.07) is 8.51. The fraction of sp³-hybridized carbons (Fsp3) is 0.400. The van der Waals surface area contributed by atoms with E-state index in [1.165, 1.54) is 5.56 Å². The molecule has 1 aromatic heterocycles. The molecule has 0 saturated heterocycles. The predicted octanol–water partition coefficient (Wildman–Crippen LogP) is 3.67. The highest BCUT2D eigenvalue weighted by atomic mass is 15.1. The number of anilines is 1. The van der Waals surface area contributed by atoms with Crippen molar-refractivity contribution in [1.82, 2.24) is 9.55 Å². The molecule has 2 rings (SSSR count). The number of benzene rings is 1. The highest BCUT2D eigenvalue weighted by Gasteiger charge is 2.09. The van der Waals surface area contributed by atoms with Crippen LogP contribution in [0.1, 0.15) is 38.7 Å². The van der Waals surface area contributed by atoms with Crippen molar-refractivity contribution < 1.29 is 0 Å². The van der Waals surface area contributed by atoms with Gasteiger partial charge in [0.05, 0.1) is 6.33 Å². The van der Waals surface area contributed by atoms with Crippen molar-refractivity contribution in [2.45, 2.75) is 39.7 Å². The zero-order chi connectivity index (χ0) is 13.1. The Kier molecular flexibility index (Phi) is 3.70. The fourth-order valence-electron chi connectivity index (χ4n) is 2.06. The van der Waals surface area contributed by atoms with E-state index >= 15 is 0 Å². The Hall–Kier alpha value is -1.77. The Morgan fingerprint density at radius 1 is 1.22 bits per heavy atom. The van der Waals surface area contributed by atoms with Crippen LogP contribution in [0.4, 0.5) is 5.82 Å². The average Bonchev–Trinajstić information content (AvgIpc) is 2.72. The number of aromatic nitrogens is 2. The third kappa shape index (κ3) is 2.40. The van der Waals surface area contributed by atoms with Crippen LogP contribution in [0, 0.1) is 0 Å². The van der Waals surface area contributed by atoms with Gasteiger partial charge in [0.15, 0.2) is 0 Å². The highest BCUT2D eigenvalue weighted by molar-refractivity contribution is 5.70. The van der Waals surface area contributed by atoms with E-state index in [0.29, 0.717) is 5.92 Å². The molecule has 0 aliphatic rings. The molecule has 0 radical (unpaired) electrons. The van der Waals surface area contributed by atoms with Gasteiger partial charge in [-0.2, -0.15) is 0 Å². The molecule has 1 aromatic carbocycles. The van der Waals surface area contributed by atoms with Crippen LogP contribution < -0.4 is 5.73 Å². The maximum atomic E-state index is 6.12. The summed E-state index contributed by atoms with van der Waals surface area (Å²) < 4.78 is 2.01. The number of hydrogen-bond acceptors (Lipinski definition) is 2. The van der Waals surface area contributed by atoms with E-state index in [0.717, 1.165) is 30.0 Å². The molecule has 0 aliphatic carbocycles. The van der Waals surface area contributed by atoms with Crippen molar-refractivity contribution in [3.8, 4) is 11.3 Å². The molecule has 2 N–H and O–H groups in total. The Morgan fingerprint density at radius 2 is 1.89 bits per heavy atom. The summed E-state index contributed by atoms with van der Waals surface area (Å²) in [6.45, 7) is 7.44. The summed E-state index contributed by atoms with van der Waals surface area (Å²) in [5, 5.41) is 0. The van der Waals surface area contributed by atoms with Gasteiger partial charge in [0.1, 0.15) is 11.5 Å². The topological polar surface area (TPSA) is 43.8 Å². The van der Waals surface area contributed by atoms with Gasteiger partial charge < -0.3 is 10.3 Å². The van der Waals surface area contributed by atoms with Gasteiger partial charge in [-0.25, -0.2) is 4.98 Å². The number of nitrogens with two attached hydrogens (primary N) is 1.